The molecule has 1 fully saturated rings. The average molecular weight is 369 g/mol. The zero-order chi connectivity index (χ0) is 19.2. The maximum absolute atomic E-state index is 12.9. The lowest BCUT2D eigenvalue weighted by Gasteiger charge is -2.19. The second-order valence-corrected chi connectivity index (χ2v) is 6.73. The topological polar surface area (TPSA) is 48.0 Å². The fourth-order valence-corrected chi connectivity index (χ4v) is 3.62. The van der Waals surface area contributed by atoms with Crippen molar-refractivity contribution < 1.29 is 19.0 Å². The number of hydrogen-bond acceptors (Lipinski definition) is 4. The van der Waals surface area contributed by atoms with E-state index in [9.17, 15) is 4.79 Å². The minimum Gasteiger partial charge on any atom is -0.493 e. The van der Waals surface area contributed by atoms with Crippen molar-refractivity contribution in [2.24, 2.45) is 5.92 Å². The summed E-state index contributed by atoms with van der Waals surface area (Å²) in [5, 5.41) is 0. The molecule has 1 aliphatic heterocycles. The summed E-state index contributed by atoms with van der Waals surface area (Å²) in [4.78, 5) is 14.9. The van der Waals surface area contributed by atoms with E-state index in [1.54, 1.807) is 14.2 Å². The molecular weight excluding hydrogens is 342 g/mol. The lowest BCUT2D eigenvalue weighted by atomic mass is 9.98. The van der Waals surface area contributed by atoms with Gasteiger partial charge in [0.1, 0.15) is 5.75 Å². The molecule has 5 heteroatoms. The highest BCUT2D eigenvalue weighted by Gasteiger charge is 2.28. The maximum Gasteiger partial charge on any atom is 0.257 e. The summed E-state index contributed by atoms with van der Waals surface area (Å²) in [6.45, 7) is 4.01. The fraction of sp³-hybridized carbons (Fsp3) is 0.409. The normalized spacial score (nSPS) is 16.3. The van der Waals surface area contributed by atoms with Crippen molar-refractivity contribution in [3.63, 3.8) is 0 Å². The molecular formula is C22H27NO4. The van der Waals surface area contributed by atoms with Crippen LogP contribution in [0, 0.1) is 5.92 Å². The zero-order valence-electron chi connectivity index (χ0n) is 16.2. The number of amides is 1. The average Bonchev–Trinajstić information content (AvgIpc) is 3.16. The highest BCUT2D eigenvalue weighted by Crippen LogP contribution is 2.31. The number of nitrogens with zero attached hydrogens (tertiary/aromatic N) is 1. The smallest absolute Gasteiger partial charge is 0.257 e. The summed E-state index contributed by atoms with van der Waals surface area (Å²) in [7, 11) is 3.28. The van der Waals surface area contributed by atoms with Gasteiger partial charge in [-0.2, -0.15) is 0 Å². The fourth-order valence-electron chi connectivity index (χ4n) is 3.62. The largest absolute Gasteiger partial charge is 0.493 e. The first-order chi connectivity index (χ1) is 13.2. The van der Waals surface area contributed by atoms with Gasteiger partial charge in [0.25, 0.3) is 5.91 Å². The van der Waals surface area contributed by atoms with Gasteiger partial charge in [-0.3, -0.25) is 4.79 Å². The van der Waals surface area contributed by atoms with Gasteiger partial charge in [-0.1, -0.05) is 18.2 Å². The molecule has 0 spiro atoms. The third-order valence-electron chi connectivity index (χ3n) is 4.96. The number of methoxy groups -OCH3 is 2. The number of carbonyl (C=O) groups is 1. The minimum atomic E-state index is 0.0499. The van der Waals surface area contributed by atoms with Gasteiger partial charge in [0.15, 0.2) is 11.5 Å². The highest BCUT2D eigenvalue weighted by molar-refractivity contribution is 5.97. The van der Waals surface area contributed by atoms with E-state index in [2.05, 4.69) is 6.07 Å². The number of ether oxygens (including phenoxy) is 3. The summed E-state index contributed by atoms with van der Waals surface area (Å²) < 4.78 is 16.3. The van der Waals surface area contributed by atoms with E-state index in [4.69, 9.17) is 14.2 Å². The molecule has 1 atom stereocenters. The standard InChI is InChI=1S/C22H27NO4/c1-4-27-19-8-6-5-7-18(19)22(24)23-12-11-17(15-23)13-16-9-10-20(25-2)21(14-16)26-3/h5-10,14,17H,4,11-13,15H2,1-3H3. The van der Waals surface area contributed by atoms with Gasteiger partial charge in [-0.15, -0.1) is 0 Å². The van der Waals surface area contributed by atoms with Crippen molar-refractivity contribution in [3.8, 4) is 17.2 Å². The minimum absolute atomic E-state index is 0.0499. The Morgan fingerprint density at radius 1 is 1.07 bits per heavy atom. The summed E-state index contributed by atoms with van der Waals surface area (Å²) >= 11 is 0. The number of para-hydroxylation sites is 1. The van der Waals surface area contributed by atoms with Gasteiger partial charge >= 0.3 is 0 Å². The van der Waals surface area contributed by atoms with Gasteiger partial charge in [0.2, 0.25) is 0 Å². The molecule has 1 heterocycles. The predicted octanol–water partition coefficient (Wildman–Crippen LogP) is 3.81. The first-order valence-corrected chi connectivity index (χ1v) is 9.38. The predicted molar refractivity (Wildman–Crippen MR) is 105 cm³/mol. The molecule has 27 heavy (non-hydrogen) atoms. The summed E-state index contributed by atoms with van der Waals surface area (Å²) in [6, 6.07) is 13.5. The molecule has 0 bridgehead atoms. The van der Waals surface area contributed by atoms with Crippen LogP contribution in [0.15, 0.2) is 42.5 Å². The molecule has 1 aliphatic rings. The number of benzene rings is 2. The van der Waals surface area contributed by atoms with Crippen LogP contribution in [0.4, 0.5) is 0 Å². The van der Waals surface area contributed by atoms with Crippen molar-refractivity contribution in [2.75, 3.05) is 33.9 Å². The van der Waals surface area contributed by atoms with E-state index in [0.717, 1.165) is 37.4 Å². The van der Waals surface area contributed by atoms with Gasteiger partial charge in [-0.25, -0.2) is 0 Å². The van der Waals surface area contributed by atoms with Crippen molar-refractivity contribution in [3.05, 3.63) is 53.6 Å². The Morgan fingerprint density at radius 2 is 1.85 bits per heavy atom. The molecule has 1 amide bonds. The lowest BCUT2D eigenvalue weighted by Crippen LogP contribution is -2.29. The Bertz CT molecular complexity index is 790. The SMILES string of the molecule is CCOc1ccccc1C(=O)N1CCC(Cc2ccc(OC)c(OC)c2)C1. The molecule has 1 saturated heterocycles. The van der Waals surface area contributed by atoms with Crippen LogP contribution in [0.2, 0.25) is 0 Å². The quantitative estimate of drug-likeness (QED) is 0.745. The van der Waals surface area contributed by atoms with Crippen molar-refractivity contribution in [1.29, 1.82) is 0 Å². The van der Waals surface area contributed by atoms with Gasteiger partial charge in [0, 0.05) is 13.1 Å². The lowest BCUT2D eigenvalue weighted by molar-refractivity contribution is 0.0783. The van der Waals surface area contributed by atoms with Crippen LogP contribution < -0.4 is 14.2 Å². The van der Waals surface area contributed by atoms with E-state index < -0.39 is 0 Å². The van der Waals surface area contributed by atoms with Crippen LogP contribution in [-0.2, 0) is 6.42 Å². The number of rotatable bonds is 7. The molecule has 0 saturated carbocycles. The zero-order valence-corrected chi connectivity index (χ0v) is 16.2. The Kier molecular flexibility index (Phi) is 6.22. The van der Waals surface area contributed by atoms with Crippen molar-refractivity contribution >= 4 is 5.91 Å². The summed E-state index contributed by atoms with van der Waals surface area (Å²) in [6.07, 6.45) is 1.91. The van der Waals surface area contributed by atoms with E-state index in [1.807, 2.05) is 48.2 Å². The number of likely N-dealkylation sites (tertiary alicyclic amines) is 1. The summed E-state index contributed by atoms with van der Waals surface area (Å²) in [5.41, 5.74) is 1.84. The summed E-state index contributed by atoms with van der Waals surface area (Å²) in [5.74, 6) is 2.62. The number of hydrogen-bond donors (Lipinski definition) is 0. The third kappa shape index (κ3) is 4.35. The van der Waals surface area contributed by atoms with Crippen LogP contribution in [0.5, 0.6) is 17.2 Å². The van der Waals surface area contributed by atoms with Crippen LogP contribution in [-0.4, -0.2) is 44.7 Å². The monoisotopic (exact) mass is 369 g/mol. The van der Waals surface area contributed by atoms with Crippen molar-refractivity contribution in [2.45, 2.75) is 19.8 Å². The molecule has 3 rings (SSSR count). The van der Waals surface area contributed by atoms with E-state index >= 15 is 0 Å². The van der Waals surface area contributed by atoms with Crippen LogP contribution in [0.25, 0.3) is 0 Å². The Morgan fingerprint density at radius 3 is 2.59 bits per heavy atom. The van der Waals surface area contributed by atoms with Gasteiger partial charge < -0.3 is 19.1 Å². The second-order valence-electron chi connectivity index (χ2n) is 6.73. The molecule has 1 unspecified atom stereocenters. The van der Waals surface area contributed by atoms with Crippen LogP contribution >= 0.6 is 0 Å². The Balaban J connectivity index is 1.66. The molecule has 0 radical (unpaired) electrons. The first kappa shape index (κ1) is 19.1. The number of carbonyl (C=O) groups excluding carboxylic acids is 1. The Labute approximate surface area is 160 Å². The highest BCUT2D eigenvalue weighted by atomic mass is 16.5. The first-order valence-electron chi connectivity index (χ1n) is 9.38. The van der Waals surface area contributed by atoms with Crippen LogP contribution in [0.3, 0.4) is 0 Å². The van der Waals surface area contributed by atoms with Crippen LogP contribution in [0.1, 0.15) is 29.3 Å². The Hall–Kier alpha value is -2.69. The molecule has 2 aromatic carbocycles. The second kappa shape index (κ2) is 8.80. The van der Waals surface area contributed by atoms with Crippen molar-refractivity contribution in [1.82, 2.24) is 4.90 Å². The molecule has 2 aromatic rings. The van der Waals surface area contributed by atoms with Gasteiger partial charge in [0.05, 0.1) is 26.4 Å². The molecule has 0 N–H and O–H groups in total. The molecule has 0 aliphatic carbocycles. The molecule has 0 aromatic heterocycles. The van der Waals surface area contributed by atoms with Gasteiger partial charge in [-0.05, 0) is 55.5 Å². The van der Waals surface area contributed by atoms with E-state index in [1.165, 1.54) is 5.56 Å². The maximum atomic E-state index is 12.9. The molecule has 5 nitrogen and oxygen atoms in total. The van der Waals surface area contributed by atoms with E-state index in [0.29, 0.717) is 23.8 Å². The van der Waals surface area contributed by atoms with E-state index in [-0.39, 0.29) is 5.91 Å². The third-order valence-corrected chi connectivity index (χ3v) is 4.96. The molecule has 144 valence electrons.